The first-order valence-electron chi connectivity index (χ1n) is 8.64. The topological polar surface area (TPSA) is 96.5 Å². The lowest BCUT2D eigenvalue weighted by atomic mass is 10.0. The second-order valence-corrected chi connectivity index (χ2v) is 6.87. The predicted molar refractivity (Wildman–Crippen MR) is 98.5 cm³/mol. The van der Waals surface area contributed by atoms with E-state index >= 15 is 0 Å². The van der Waals surface area contributed by atoms with Crippen molar-refractivity contribution < 1.29 is 18.7 Å². The minimum absolute atomic E-state index is 0.0399. The summed E-state index contributed by atoms with van der Waals surface area (Å²) in [5.74, 6) is -2.06. The summed E-state index contributed by atoms with van der Waals surface area (Å²) in [4.78, 5) is 24.8. The van der Waals surface area contributed by atoms with Crippen molar-refractivity contribution in [2.24, 2.45) is 11.7 Å². The highest BCUT2D eigenvalue weighted by Crippen LogP contribution is 2.35. The summed E-state index contributed by atoms with van der Waals surface area (Å²) in [5.41, 5.74) is 4.61. The fourth-order valence-corrected chi connectivity index (χ4v) is 3.02. The number of carbonyl (C=O) groups is 2. The lowest BCUT2D eigenvalue weighted by molar-refractivity contribution is -0.112. The number of imide groups is 1. The highest BCUT2D eigenvalue weighted by molar-refractivity contribution is 6.47. The molecule has 0 radical (unpaired) electrons. The molecule has 0 saturated heterocycles. The van der Waals surface area contributed by atoms with Crippen LogP contribution in [0.1, 0.15) is 46.0 Å². The molecule has 3 amide bonds. The van der Waals surface area contributed by atoms with Crippen molar-refractivity contribution in [3.8, 4) is 5.75 Å². The zero-order valence-corrected chi connectivity index (χ0v) is 15.6. The van der Waals surface area contributed by atoms with Gasteiger partial charge in [-0.15, -0.1) is 0 Å². The Morgan fingerprint density at radius 3 is 2.58 bits per heavy atom. The Hall–Kier alpha value is -2.15. The van der Waals surface area contributed by atoms with Crippen LogP contribution in [0.25, 0.3) is 0 Å². The second kappa shape index (κ2) is 8.49. The molecule has 0 heterocycles. The van der Waals surface area contributed by atoms with Gasteiger partial charge in [-0.05, 0) is 38.2 Å². The van der Waals surface area contributed by atoms with Crippen LogP contribution >= 0.6 is 11.6 Å². The van der Waals surface area contributed by atoms with Crippen molar-refractivity contribution in [2.45, 2.75) is 52.1 Å². The van der Waals surface area contributed by atoms with Crippen molar-refractivity contribution in [1.29, 1.82) is 5.41 Å². The Morgan fingerprint density at radius 1 is 1.42 bits per heavy atom. The van der Waals surface area contributed by atoms with Crippen LogP contribution in [-0.4, -0.2) is 23.8 Å². The van der Waals surface area contributed by atoms with E-state index in [1.54, 1.807) is 13.8 Å². The van der Waals surface area contributed by atoms with Gasteiger partial charge in [-0.3, -0.25) is 10.2 Å². The summed E-state index contributed by atoms with van der Waals surface area (Å²) in [6, 6.07) is 1.01. The number of halogens is 2. The van der Waals surface area contributed by atoms with E-state index in [2.05, 4.69) is 0 Å². The number of ether oxygens (including phenoxy) is 1. The summed E-state index contributed by atoms with van der Waals surface area (Å²) in [6.07, 6.45) is 4.28. The second-order valence-electron chi connectivity index (χ2n) is 6.46. The number of nitrogens with zero attached hydrogens (tertiary/aromatic N) is 1. The molecule has 6 nitrogen and oxygen atoms in total. The Kier molecular flexibility index (Phi) is 6.58. The van der Waals surface area contributed by atoms with Crippen LogP contribution in [0.4, 0.5) is 14.9 Å². The minimum atomic E-state index is -1.17. The molecule has 1 saturated carbocycles. The van der Waals surface area contributed by atoms with E-state index in [1.807, 2.05) is 0 Å². The first-order valence-corrected chi connectivity index (χ1v) is 9.02. The summed E-state index contributed by atoms with van der Waals surface area (Å²) in [6.45, 7) is 3.48. The molecular weight excluding hydrogens is 361 g/mol. The van der Waals surface area contributed by atoms with E-state index in [-0.39, 0.29) is 28.3 Å². The number of rotatable bonds is 6. The lowest BCUT2D eigenvalue weighted by Crippen LogP contribution is -2.46. The molecule has 0 aliphatic heterocycles. The number of nitrogens with one attached hydrogen (secondary N) is 1. The molecule has 1 aliphatic rings. The molecule has 0 spiro atoms. The molecule has 8 heteroatoms. The average molecular weight is 384 g/mol. The van der Waals surface area contributed by atoms with E-state index in [9.17, 15) is 14.0 Å². The number of benzene rings is 1. The van der Waals surface area contributed by atoms with E-state index in [0.29, 0.717) is 11.3 Å². The number of primary amides is 1. The van der Waals surface area contributed by atoms with Crippen LogP contribution in [-0.2, 0) is 4.79 Å². The van der Waals surface area contributed by atoms with Gasteiger partial charge < -0.3 is 10.5 Å². The van der Waals surface area contributed by atoms with E-state index in [4.69, 9.17) is 27.5 Å². The molecule has 0 aromatic heterocycles. The van der Waals surface area contributed by atoms with Gasteiger partial charge in [0.1, 0.15) is 11.6 Å². The molecule has 142 valence electrons. The third kappa shape index (κ3) is 4.33. The standard InChI is InChI=1S/C18H23ClFN3O3/c1-3-10(2)16(21)17(24)23(18(22)25)14-9-15(12(19)8-13(14)20)26-11-6-4-5-7-11/h8-11,21H,3-7H2,1-2H3,(H2,22,25). The van der Waals surface area contributed by atoms with Gasteiger partial charge in [0.2, 0.25) is 0 Å². The fraction of sp³-hybridized carbons (Fsp3) is 0.500. The maximum Gasteiger partial charge on any atom is 0.326 e. The highest BCUT2D eigenvalue weighted by Gasteiger charge is 2.30. The van der Waals surface area contributed by atoms with Crippen molar-refractivity contribution in [2.75, 3.05) is 4.90 Å². The maximum absolute atomic E-state index is 14.4. The summed E-state index contributed by atoms with van der Waals surface area (Å²) in [7, 11) is 0. The first-order chi connectivity index (χ1) is 12.3. The normalized spacial score (nSPS) is 15.5. The lowest BCUT2D eigenvalue weighted by Gasteiger charge is -2.23. The molecule has 1 aromatic rings. The summed E-state index contributed by atoms with van der Waals surface area (Å²) >= 11 is 6.05. The van der Waals surface area contributed by atoms with Crippen LogP contribution in [0.3, 0.4) is 0 Å². The van der Waals surface area contributed by atoms with Gasteiger partial charge in [-0.1, -0.05) is 25.4 Å². The quantitative estimate of drug-likeness (QED) is 0.717. The molecule has 26 heavy (non-hydrogen) atoms. The maximum atomic E-state index is 14.4. The predicted octanol–water partition coefficient (Wildman–Crippen LogP) is 4.28. The Balaban J connectivity index is 2.39. The van der Waals surface area contributed by atoms with Crippen LogP contribution in [0.2, 0.25) is 5.02 Å². The molecule has 3 N–H and O–H groups in total. The number of urea groups is 1. The molecule has 1 aliphatic carbocycles. The Labute approximate surface area is 156 Å². The van der Waals surface area contributed by atoms with Gasteiger partial charge in [-0.2, -0.15) is 0 Å². The zero-order valence-electron chi connectivity index (χ0n) is 14.9. The largest absolute Gasteiger partial charge is 0.489 e. The molecule has 2 rings (SSSR count). The Morgan fingerprint density at radius 2 is 2.04 bits per heavy atom. The molecule has 0 bridgehead atoms. The van der Waals surface area contributed by atoms with E-state index in [1.165, 1.54) is 6.07 Å². The van der Waals surface area contributed by atoms with Gasteiger partial charge in [0.25, 0.3) is 5.91 Å². The van der Waals surface area contributed by atoms with Crippen molar-refractivity contribution in [3.05, 3.63) is 23.0 Å². The van der Waals surface area contributed by atoms with Crippen LogP contribution in [0.5, 0.6) is 5.75 Å². The third-order valence-corrected chi connectivity index (χ3v) is 4.89. The van der Waals surface area contributed by atoms with Gasteiger partial charge >= 0.3 is 6.03 Å². The number of hydrogen-bond acceptors (Lipinski definition) is 4. The third-order valence-electron chi connectivity index (χ3n) is 4.60. The van der Waals surface area contributed by atoms with Crippen molar-refractivity contribution >= 4 is 34.9 Å². The average Bonchev–Trinajstić information content (AvgIpc) is 3.10. The van der Waals surface area contributed by atoms with Gasteiger partial charge in [0, 0.05) is 12.0 Å². The Bertz CT molecular complexity index is 720. The van der Waals surface area contributed by atoms with Crippen LogP contribution < -0.4 is 15.4 Å². The van der Waals surface area contributed by atoms with Crippen molar-refractivity contribution in [3.63, 3.8) is 0 Å². The summed E-state index contributed by atoms with van der Waals surface area (Å²) in [5, 5.41) is 7.99. The monoisotopic (exact) mass is 383 g/mol. The zero-order chi connectivity index (χ0) is 19.4. The van der Waals surface area contributed by atoms with Gasteiger partial charge in [-0.25, -0.2) is 14.1 Å². The van der Waals surface area contributed by atoms with Gasteiger partial charge in [0.15, 0.2) is 0 Å². The first kappa shape index (κ1) is 20.2. The van der Waals surface area contributed by atoms with Crippen molar-refractivity contribution in [1.82, 2.24) is 0 Å². The van der Waals surface area contributed by atoms with E-state index < -0.39 is 23.7 Å². The minimum Gasteiger partial charge on any atom is -0.489 e. The molecule has 1 unspecified atom stereocenters. The fourth-order valence-electron chi connectivity index (χ4n) is 2.83. The van der Waals surface area contributed by atoms with Crippen LogP contribution in [0, 0.1) is 17.1 Å². The number of nitrogens with two attached hydrogens (primary N) is 1. The molecular formula is C18H23ClFN3O3. The highest BCUT2D eigenvalue weighted by atomic mass is 35.5. The SMILES string of the molecule is CCC(C)C(=N)C(=O)N(C(N)=O)c1cc(OC2CCCC2)c(Cl)cc1F. The van der Waals surface area contributed by atoms with Gasteiger partial charge in [0.05, 0.1) is 22.5 Å². The smallest absolute Gasteiger partial charge is 0.326 e. The number of hydrogen-bond donors (Lipinski definition) is 2. The molecule has 1 fully saturated rings. The molecule has 1 aromatic carbocycles. The molecule has 1 atom stereocenters. The number of carbonyl (C=O) groups excluding carboxylic acids is 2. The summed E-state index contributed by atoms with van der Waals surface area (Å²) < 4.78 is 20.2. The number of anilines is 1. The van der Waals surface area contributed by atoms with Crippen LogP contribution in [0.15, 0.2) is 12.1 Å². The van der Waals surface area contributed by atoms with E-state index in [0.717, 1.165) is 31.7 Å². The number of amides is 3.